The molecule has 1 atom stereocenters. The lowest BCUT2D eigenvalue weighted by molar-refractivity contribution is -0.137. The highest BCUT2D eigenvalue weighted by molar-refractivity contribution is 5.95. The molecular formula is C28H28F3N3O4. The molecule has 0 spiro atoms. The van der Waals surface area contributed by atoms with Crippen LogP contribution in [0.4, 0.5) is 13.2 Å². The minimum absolute atomic E-state index is 0.244. The van der Waals surface area contributed by atoms with Crippen molar-refractivity contribution in [1.29, 1.82) is 0 Å². The van der Waals surface area contributed by atoms with E-state index < -0.39 is 17.7 Å². The third kappa shape index (κ3) is 6.07. The fourth-order valence-corrected chi connectivity index (χ4v) is 4.42. The summed E-state index contributed by atoms with van der Waals surface area (Å²) in [5.41, 5.74) is 2.57. The number of aromatic nitrogens is 2. The molecule has 0 radical (unpaired) electrons. The van der Waals surface area contributed by atoms with Crippen LogP contribution in [0.15, 0.2) is 61.1 Å². The molecule has 1 unspecified atom stereocenters. The summed E-state index contributed by atoms with van der Waals surface area (Å²) in [6.45, 7) is 3.62. The Morgan fingerprint density at radius 3 is 2.32 bits per heavy atom. The summed E-state index contributed by atoms with van der Waals surface area (Å²) >= 11 is 0. The number of hydrogen-bond donors (Lipinski definition) is 1. The standard InChI is InChI=1S/C28H28F3N3O4/c1-17-13-23(14-18(2)25(17)34-16-22(15-33-34)28(29,30)31)38-26(19-5-4-6-19)20-7-9-21(10-8-20)27(36)32-12-11-24(35)37-3/h7-16,19,26H,4-6H2,1-3H3,(H,32,36)/b12-11+. The maximum Gasteiger partial charge on any atom is 0.419 e. The number of rotatable bonds is 8. The first-order chi connectivity index (χ1) is 18.1. The first kappa shape index (κ1) is 27.0. The molecule has 1 aliphatic carbocycles. The van der Waals surface area contributed by atoms with Gasteiger partial charge in [0.25, 0.3) is 5.91 Å². The van der Waals surface area contributed by atoms with Crippen molar-refractivity contribution in [1.82, 2.24) is 15.1 Å². The average Bonchev–Trinajstić information content (AvgIpc) is 3.32. The minimum Gasteiger partial charge on any atom is -0.485 e. The van der Waals surface area contributed by atoms with Gasteiger partial charge in [-0.25, -0.2) is 9.48 Å². The van der Waals surface area contributed by atoms with Crippen LogP contribution in [-0.4, -0.2) is 28.8 Å². The molecule has 1 fully saturated rings. The Hall–Kier alpha value is -4.08. The minimum atomic E-state index is -4.46. The summed E-state index contributed by atoms with van der Waals surface area (Å²) in [5, 5.41) is 6.43. The first-order valence-electron chi connectivity index (χ1n) is 12.1. The molecule has 38 heavy (non-hydrogen) atoms. The summed E-state index contributed by atoms with van der Waals surface area (Å²) in [5.74, 6) is -0.0284. The quantitative estimate of drug-likeness (QED) is 0.294. The van der Waals surface area contributed by atoms with Crippen LogP contribution in [0.5, 0.6) is 5.75 Å². The number of amides is 1. The van der Waals surface area contributed by atoms with Crippen molar-refractivity contribution in [2.24, 2.45) is 5.92 Å². The van der Waals surface area contributed by atoms with Gasteiger partial charge in [0.1, 0.15) is 11.9 Å². The van der Waals surface area contributed by atoms with Crippen molar-refractivity contribution in [3.63, 3.8) is 0 Å². The van der Waals surface area contributed by atoms with E-state index in [0.717, 1.165) is 54.4 Å². The van der Waals surface area contributed by atoms with Gasteiger partial charge in [-0.15, -0.1) is 0 Å². The van der Waals surface area contributed by atoms with E-state index in [0.29, 0.717) is 22.9 Å². The Labute approximate surface area is 218 Å². The number of nitrogens with zero attached hydrogens (tertiary/aromatic N) is 2. The van der Waals surface area contributed by atoms with E-state index in [1.165, 1.54) is 18.0 Å². The lowest BCUT2D eigenvalue weighted by Gasteiger charge is -2.34. The summed E-state index contributed by atoms with van der Waals surface area (Å²) in [6.07, 6.45) is 2.55. The van der Waals surface area contributed by atoms with Crippen LogP contribution in [0, 0.1) is 19.8 Å². The van der Waals surface area contributed by atoms with E-state index in [1.807, 2.05) is 26.0 Å². The number of halogens is 3. The van der Waals surface area contributed by atoms with Crippen LogP contribution < -0.4 is 10.1 Å². The van der Waals surface area contributed by atoms with Gasteiger partial charge in [0.15, 0.2) is 0 Å². The van der Waals surface area contributed by atoms with Gasteiger partial charge in [0.05, 0.1) is 24.6 Å². The highest BCUT2D eigenvalue weighted by Gasteiger charge is 2.33. The number of hydrogen-bond acceptors (Lipinski definition) is 5. The summed E-state index contributed by atoms with van der Waals surface area (Å²) in [4.78, 5) is 23.5. The zero-order chi connectivity index (χ0) is 27.4. The van der Waals surface area contributed by atoms with Crippen LogP contribution in [0.3, 0.4) is 0 Å². The summed E-state index contributed by atoms with van der Waals surface area (Å²) in [6, 6.07) is 10.7. The van der Waals surface area contributed by atoms with Gasteiger partial charge in [-0.1, -0.05) is 18.6 Å². The number of alkyl halides is 3. The van der Waals surface area contributed by atoms with Crippen molar-refractivity contribution in [2.45, 2.75) is 45.4 Å². The molecule has 1 saturated carbocycles. The van der Waals surface area contributed by atoms with Crippen molar-refractivity contribution in [3.8, 4) is 11.4 Å². The second kappa shape index (κ2) is 11.1. The Morgan fingerprint density at radius 1 is 1.13 bits per heavy atom. The zero-order valence-corrected chi connectivity index (χ0v) is 21.2. The molecule has 0 saturated heterocycles. The molecule has 1 aromatic heterocycles. The Balaban J connectivity index is 1.53. The van der Waals surface area contributed by atoms with E-state index in [9.17, 15) is 22.8 Å². The second-order valence-corrected chi connectivity index (χ2v) is 9.26. The normalized spacial score (nSPS) is 14.7. The fourth-order valence-electron chi connectivity index (χ4n) is 4.42. The van der Waals surface area contributed by atoms with Crippen molar-refractivity contribution in [2.75, 3.05) is 7.11 Å². The van der Waals surface area contributed by atoms with Gasteiger partial charge < -0.3 is 14.8 Å². The smallest absolute Gasteiger partial charge is 0.419 e. The molecule has 1 N–H and O–H groups in total. The number of nitrogens with one attached hydrogen (secondary N) is 1. The predicted octanol–water partition coefficient (Wildman–Crippen LogP) is 5.84. The van der Waals surface area contributed by atoms with E-state index in [2.05, 4.69) is 15.2 Å². The van der Waals surface area contributed by atoms with Crippen molar-refractivity contribution < 1.29 is 32.2 Å². The Bertz CT molecular complexity index is 1320. The fraction of sp³-hybridized carbons (Fsp3) is 0.321. The topological polar surface area (TPSA) is 82.5 Å². The van der Waals surface area contributed by atoms with Gasteiger partial charge in [-0.05, 0) is 67.6 Å². The zero-order valence-electron chi connectivity index (χ0n) is 21.2. The Morgan fingerprint density at radius 2 is 1.79 bits per heavy atom. The van der Waals surface area contributed by atoms with Gasteiger partial charge in [-0.3, -0.25) is 4.79 Å². The van der Waals surface area contributed by atoms with Crippen LogP contribution in [-0.2, 0) is 15.7 Å². The number of carbonyl (C=O) groups is 2. The van der Waals surface area contributed by atoms with E-state index in [4.69, 9.17) is 4.74 Å². The van der Waals surface area contributed by atoms with E-state index >= 15 is 0 Å². The number of benzene rings is 2. The van der Waals surface area contributed by atoms with Crippen molar-refractivity contribution in [3.05, 3.63) is 88.9 Å². The highest BCUT2D eigenvalue weighted by Crippen LogP contribution is 2.41. The SMILES string of the molecule is COC(=O)/C=C/NC(=O)c1ccc(C(Oc2cc(C)c(-n3cc(C(F)(F)F)cn3)c(C)c2)C2CCC2)cc1. The highest BCUT2D eigenvalue weighted by atomic mass is 19.4. The van der Waals surface area contributed by atoms with Crippen LogP contribution >= 0.6 is 0 Å². The Kier molecular flexibility index (Phi) is 7.89. The van der Waals surface area contributed by atoms with Crippen molar-refractivity contribution >= 4 is 11.9 Å². The maximum absolute atomic E-state index is 13.1. The molecule has 1 heterocycles. The number of ether oxygens (including phenoxy) is 2. The molecular weight excluding hydrogens is 499 g/mol. The van der Waals surface area contributed by atoms with Crippen LogP contribution in [0.25, 0.3) is 5.69 Å². The molecule has 10 heteroatoms. The summed E-state index contributed by atoms with van der Waals surface area (Å²) in [7, 11) is 1.25. The van der Waals surface area contributed by atoms with Gasteiger partial charge in [0, 0.05) is 30.0 Å². The third-order valence-electron chi connectivity index (χ3n) is 6.58. The lowest BCUT2D eigenvalue weighted by Crippen LogP contribution is -2.25. The molecule has 4 rings (SSSR count). The lowest BCUT2D eigenvalue weighted by atomic mass is 9.78. The number of carbonyl (C=O) groups excluding carboxylic acids is 2. The monoisotopic (exact) mass is 527 g/mol. The van der Waals surface area contributed by atoms with Gasteiger partial charge in [-0.2, -0.15) is 18.3 Å². The largest absolute Gasteiger partial charge is 0.485 e. The molecule has 2 aromatic carbocycles. The van der Waals surface area contributed by atoms with Crippen LogP contribution in [0.2, 0.25) is 0 Å². The molecule has 0 bridgehead atoms. The molecule has 200 valence electrons. The third-order valence-corrected chi connectivity index (χ3v) is 6.58. The molecule has 3 aromatic rings. The first-order valence-corrected chi connectivity index (χ1v) is 12.1. The van der Waals surface area contributed by atoms with Gasteiger partial charge in [0.2, 0.25) is 0 Å². The van der Waals surface area contributed by atoms with E-state index in [1.54, 1.807) is 24.3 Å². The number of esters is 1. The van der Waals surface area contributed by atoms with Gasteiger partial charge >= 0.3 is 12.1 Å². The molecule has 1 amide bonds. The molecule has 0 aliphatic heterocycles. The summed E-state index contributed by atoms with van der Waals surface area (Å²) < 4.78 is 51.3. The maximum atomic E-state index is 13.1. The molecule has 7 nitrogen and oxygen atoms in total. The van der Waals surface area contributed by atoms with E-state index in [-0.39, 0.29) is 12.0 Å². The second-order valence-electron chi connectivity index (χ2n) is 9.26. The molecule has 1 aliphatic rings. The van der Waals surface area contributed by atoms with Crippen LogP contribution in [0.1, 0.15) is 58.0 Å². The number of methoxy groups -OCH3 is 1. The average molecular weight is 528 g/mol. The number of aryl methyl sites for hydroxylation is 2. The predicted molar refractivity (Wildman–Crippen MR) is 134 cm³/mol.